The summed E-state index contributed by atoms with van der Waals surface area (Å²) in [6, 6.07) is 2.39. The van der Waals surface area contributed by atoms with Crippen molar-refractivity contribution in [3.8, 4) is 0 Å². The van der Waals surface area contributed by atoms with E-state index in [1.165, 1.54) is 9.88 Å². The Labute approximate surface area is 199 Å². The van der Waals surface area contributed by atoms with Crippen LogP contribution >= 0.6 is 11.3 Å². The Morgan fingerprint density at radius 3 is 2.64 bits per heavy atom. The number of carbonyl (C=O) groups excluding carboxylic acids is 1. The number of nitrogens with one attached hydrogen (secondary N) is 3. The average molecular weight is 473 g/mol. The fourth-order valence-corrected chi connectivity index (χ4v) is 6.74. The number of carbonyl (C=O) groups is 1. The third kappa shape index (κ3) is 5.03. The first kappa shape index (κ1) is 24.0. The van der Waals surface area contributed by atoms with E-state index in [0.29, 0.717) is 17.5 Å². The Balaban J connectivity index is 1.64. The number of ether oxygens (including phenoxy) is 1. The zero-order chi connectivity index (χ0) is 23.5. The standard InChI is InChI=1S/C25H36N4O3S/c1-5-29(19-7-10-32-11-8-19)25-17(4)21(22(33-25)18-6-9-26-13-18)24(31)27-14-20-15(2)12-16(3)28-23(20)30/h12,18-19,26H,5-11,13-14H2,1-4H3,(H,27,31)(H,28,30). The van der Waals surface area contributed by atoms with Crippen molar-refractivity contribution in [2.45, 2.75) is 65.5 Å². The minimum absolute atomic E-state index is 0.0840. The SMILES string of the molecule is CCN(c1sc(C2CCNC2)c(C(=O)NCc2c(C)cc(C)[nH]c2=O)c1C)C1CCOCC1. The van der Waals surface area contributed by atoms with Gasteiger partial charge in [-0.3, -0.25) is 9.59 Å². The van der Waals surface area contributed by atoms with Gasteiger partial charge in [0, 0.05) is 60.9 Å². The van der Waals surface area contributed by atoms with Crippen molar-refractivity contribution in [3.05, 3.63) is 49.2 Å². The van der Waals surface area contributed by atoms with Gasteiger partial charge < -0.3 is 25.3 Å². The van der Waals surface area contributed by atoms with Crippen molar-refractivity contribution < 1.29 is 9.53 Å². The lowest BCUT2D eigenvalue weighted by molar-refractivity contribution is 0.0847. The number of rotatable bonds is 7. The second-order valence-electron chi connectivity index (χ2n) is 9.22. The Morgan fingerprint density at radius 1 is 1.24 bits per heavy atom. The molecule has 4 heterocycles. The lowest BCUT2D eigenvalue weighted by Gasteiger charge is -2.35. The number of amides is 1. The third-order valence-corrected chi connectivity index (χ3v) is 8.45. The lowest BCUT2D eigenvalue weighted by atomic mass is 9.99. The summed E-state index contributed by atoms with van der Waals surface area (Å²) in [5.41, 5.74) is 4.07. The Kier molecular flexibility index (Phi) is 7.56. The molecule has 33 heavy (non-hydrogen) atoms. The van der Waals surface area contributed by atoms with Crippen LogP contribution in [0.1, 0.15) is 69.7 Å². The quantitative estimate of drug-likeness (QED) is 0.575. The number of thiophene rings is 1. The molecule has 1 unspecified atom stereocenters. The van der Waals surface area contributed by atoms with Gasteiger partial charge in [-0.25, -0.2) is 0 Å². The van der Waals surface area contributed by atoms with Gasteiger partial charge in [-0.15, -0.1) is 11.3 Å². The number of anilines is 1. The van der Waals surface area contributed by atoms with Gasteiger partial charge in [-0.05, 0) is 70.7 Å². The highest BCUT2D eigenvalue weighted by atomic mass is 32.1. The van der Waals surface area contributed by atoms with Crippen LogP contribution in [-0.4, -0.2) is 49.8 Å². The van der Waals surface area contributed by atoms with Gasteiger partial charge >= 0.3 is 0 Å². The van der Waals surface area contributed by atoms with Crippen LogP contribution in [0, 0.1) is 20.8 Å². The average Bonchev–Trinajstić information content (AvgIpc) is 3.43. The van der Waals surface area contributed by atoms with Crippen molar-refractivity contribution in [3.63, 3.8) is 0 Å². The highest BCUT2D eigenvalue weighted by molar-refractivity contribution is 7.16. The summed E-state index contributed by atoms with van der Waals surface area (Å²) in [7, 11) is 0. The number of aromatic nitrogens is 1. The molecule has 0 radical (unpaired) electrons. The molecule has 180 valence electrons. The van der Waals surface area contributed by atoms with Crippen LogP contribution in [0.4, 0.5) is 5.00 Å². The molecular weight excluding hydrogens is 436 g/mol. The molecule has 0 bridgehead atoms. The maximum Gasteiger partial charge on any atom is 0.253 e. The van der Waals surface area contributed by atoms with Gasteiger partial charge in [0.15, 0.2) is 0 Å². The maximum atomic E-state index is 13.5. The van der Waals surface area contributed by atoms with E-state index in [4.69, 9.17) is 4.74 Å². The van der Waals surface area contributed by atoms with Crippen LogP contribution in [0.25, 0.3) is 0 Å². The highest BCUT2D eigenvalue weighted by Gasteiger charge is 2.32. The summed E-state index contributed by atoms with van der Waals surface area (Å²) in [5.74, 6) is 0.264. The molecule has 7 nitrogen and oxygen atoms in total. The van der Waals surface area contributed by atoms with Crippen LogP contribution in [0.5, 0.6) is 0 Å². The summed E-state index contributed by atoms with van der Waals surface area (Å²) in [6.07, 6.45) is 3.07. The largest absolute Gasteiger partial charge is 0.381 e. The molecule has 2 aliphatic rings. The predicted octanol–water partition coefficient (Wildman–Crippen LogP) is 3.37. The number of pyridine rings is 1. The second-order valence-corrected chi connectivity index (χ2v) is 10.2. The summed E-state index contributed by atoms with van der Waals surface area (Å²) in [6.45, 7) is 12.7. The molecule has 8 heteroatoms. The zero-order valence-electron chi connectivity index (χ0n) is 20.2. The molecule has 3 N–H and O–H groups in total. The molecule has 2 aliphatic heterocycles. The van der Waals surface area contributed by atoms with Crippen molar-refractivity contribution >= 4 is 22.2 Å². The van der Waals surface area contributed by atoms with Gasteiger partial charge in [0.1, 0.15) is 0 Å². The minimum Gasteiger partial charge on any atom is -0.381 e. The van der Waals surface area contributed by atoms with Gasteiger partial charge in [-0.2, -0.15) is 0 Å². The molecule has 0 aromatic carbocycles. The number of aryl methyl sites for hydroxylation is 2. The third-order valence-electron chi connectivity index (χ3n) is 6.96. The van der Waals surface area contributed by atoms with E-state index in [1.807, 2.05) is 19.9 Å². The normalized spacial score (nSPS) is 19.1. The molecule has 0 saturated carbocycles. The Morgan fingerprint density at radius 2 is 2.00 bits per heavy atom. The van der Waals surface area contributed by atoms with E-state index in [1.54, 1.807) is 11.3 Å². The van der Waals surface area contributed by atoms with E-state index in [9.17, 15) is 9.59 Å². The summed E-state index contributed by atoms with van der Waals surface area (Å²) >= 11 is 1.78. The van der Waals surface area contributed by atoms with Crippen molar-refractivity contribution in [2.24, 2.45) is 0 Å². The monoisotopic (exact) mass is 472 g/mol. The summed E-state index contributed by atoms with van der Waals surface area (Å²) in [4.78, 5) is 32.4. The fourth-order valence-electron chi connectivity index (χ4n) is 5.17. The number of hydrogen-bond acceptors (Lipinski definition) is 6. The first-order valence-electron chi connectivity index (χ1n) is 12.1. The molecular formula is C25H36N4O3S. The molecule has 2 aromatic heterocycles. The molecule has 1 atom stereocenters. The van der Waals surface area contributed by atoms with Crippen molar-refractivity contribution in [1.82, 2.24) is 15.6 Å². The van der Waals surface area contributed by atoms with E-state index >= 15 is 0 Å². The fraction of sp³-hybridized carbons (Fsp3) is 0.600. The van der Waals surface area contributed by atoms with E-state index in [-0.39, 0.29) is 18.0 Å². The molecule has 2 aromatic rings. The minimum atomic E-state index is -0.132. The summed E-state index contributed by atoms with van der Waals surface area (Å²) in [5, 5.41) is 7.72. The molecule has 0 spiro atoms. The molecule has 4 rings (SSSR count). The van der Waals surface area contributed by atoms with E-state index in [0.717, 1.165) is 74.5 Å². The van der Waals surface area contributed by atoms with Gasteiger partial charge in [0.25, 0.3) is 11.5 Å². The predicted molar refractivity (Wildman–Crippen MR) is 134 cm³/mol. The number of aromatic amines is 1. The lowest BCUT2D eigenvalue weighted by Crippen LogP contribution is -2.39. The molecule has 2 saturated heterocycles. The highest BCUT2D eigenvalue weighted by Crippen LogP contribution is 2.42. The summed E-state index contributed by atoms with van der Waals surface area (Å²) < 4.78 is 5.59. The van der Waals surface area contributed by atoms with Crippen LogP contribution < -0.4 is 21.1 Å². The van der Waals surface area contributed by atoms with Crippen LogP contribution in [0.3, 0.4) is 0 Å². The number of H-pyrrole nitrogens is 1. The van der Waals surface area contributed by atoms with E-state index in [2.05, 4.69) is 34.4 Å². The number of hydrogen-bond donors (Lipinski definition) is 3. The zero-order valence-corrected chi connectivity index (χ0v) is 21.0. The number of nitrogens with zero attached hydrogens (tertiary/aromatic N) is 1. The first-order valence-corrected chi connectivity index (χ1v) is 12.9. The van der Waals surface area contributed by atoms with Crippen LogP contribution in [-0.2, 0) is 11.3 Å². The van der Waals surface area contributed by atoms with Crippen LogP contribution in [0.2, 0.25) is 0 Å². The molecule has 2 fully saturated rings. The smallest absolute Gasteiger partial charge is 0.253 e. The molecule has 1 amide bonds. The Bertz CT molecular complexity index is 1050. The van der Waals surface area contributed by atoms with E-state index < -0.39 is 0 Å². The van der Waals surface area contributed by atoms with Gasteiger partial charge in [-0.1, -0.05) is 0 Å². The molecule has 0 aliphatic carbocycles. The van der Waals surface area contributed by atoms with Crippen LogP contribution in [0.15, 0.2) is 10.9 Å². The van der Waals surface area contributed by atoms with Crippen molar-refractivity contribution in [1.29, 1.82) is 0 Å². The topological polar surface area (TPSA) is 86.5 Å². The second kappa shape index (κ2) is 10.4. The maximum absolute atomic E-state index is 13.5. The Hall–Kier alpha value is -2.16. The first-order chi connectivity index (χ1) is 15.9. The van der Waals surface area contributed by atoms with Gasteiger partial charge in [0.05, 0.1) is 10.6 Å². The van der Waals surface area contributed by atoms with Crippen molar-refractivity contribution in [2.75, 3.05) is 37.7 Å². The van der Waals surface area contributed by atoms with Gasteiger partial charge in [0.2, 0.25) is 0 Å².